The van der Waals surface area contributed by atoms with Gasteiger partial charge in [0.2, 0.25) is 0 Å². The highest BCUT2D eigenvalue weighted by atomic mass is 16.5. The summed E-state index contributed by atoms with van der Waals surface area (Å²) in [7, 11) is 0. The van der Waals surface area contributed by atoms with Gasteiger partial charge in [-0.05, 0) is 32.0 Å². The SMILES string of the molecule is CCOC(=O)c1cccnc1-n1ccc(C)n1. The van der Waals surface area contributed by atoms with Crippen LogP contribution < -0.4 is 0 Å². The number of ether oxygens (including phenoxy) is 1. The van der Waals surface area contributed by atoms with Crippen LogP contribution in [0.2, 0.25) is 0 Å². The molecule has 0 unspecified atom stereocenters. The van der Waals surface area contributed by atoms with Crippen molar-refractivity contribution in [2.24, 2.45) is 0 Å². The minimum absolute atomic E-state index is 0.339. The van der Waals surface area contributed by atoms with Crippen LogP contribution in [0.4, 0.5) is 0 Å². The first kappa shape index (κ1) is 11.3. The van der Waals surface area contributed by atoms with Gasteiger partial charge in [-0.25, -0.2) is 14.5 Å². The number of hydrogen-bond acceptors (Lipinski definition) is 4. The van der Waals surface area contributed by atoms with Gasteiger partial charge in [0.15, 0.2) is 5.82 Å². The molecule has 0 amide bonds. The summed E-state index contributed by atoms with van der Waals surface area (Å²) in [5.74, 6) is 0.0998. The molecule has 0 aliphatic carbocycles. The molecule has 0 fully saturated rings. The molecule has 2 aromatic rings. The zero-order valence-corrected chi connectivity index (χ0v) is 9.75. The zero-order chi connectivity index (χ0) is 12.3. The first-order chi connectivity index (χ1) is 8.22. The molecule has 2 aromatic heterocycles. The number of nitrogens with zero attached hydrogens (tertiary/aromatic N) is 3. The van der Waals surface area contributed by atoms with Crippen LogP contribution in [0.25, 0.3) is 5.82 Å². The zero-order valence-electron chi connectivity index (χ0n) is 9.75. The summed E-state index contributed by atoms with van der Waals surface area (Å²) < 4.78 is 6.55. The van der Waals surface area contributed by atoms with Crippen molar-refractivity contribution in [2.75, 3.05) is 6.61 Å². The second kappa shape index (κ2) is 4.78. The van der Waals surface area contributed by atoms with E-state index in [0.29, 0.717) is 18.0 Å². The third-order valence-corrected chi connectivity index (χ3v) is 2.22. The number of hydrogen-bond donors (Lipinski definition) is 0. The van der Waals surface area contributed by atoms with Crippen molar-refractivity contribution in [2.45, 2.75) is 13.8 Å². The van der Waals surface area contributed by atoms with Gasteiger partial charge in [-0.3, -0.25) is 0 Å². The van der Waals surface area contributed by atoms with E-state index in [0.717, 1.165) is 5.69 Å². The van der Waals surface area contributed by atoms with E-state index in [9.17, 15) is 4.79 Å². The second-order valence-corrected chi connectivity index (χ2v) is 3.50. The van der Waals surface area contributed by atoms with Gasteiger partial charge in [0.25, 0.3) is 0 Å². The third kappa shape index (κ3) is 2.33. The molecule has 0 radical (unpaired) electrons. The highest BCUT2D eigenvalue weighted by Crippen LogP contribution is 2.12. The number of esters is 1. The smallest absolute Gasteiger partial charge is 0.341 e. The Kier molecular flexibility index (Phi) is 3.18. The average Bonchev–Trinajstić information content (AvgIpc) is 2.76. The summed E-state index contributed by atoms with van der Waals surface area (Å²) in [6.45, 7) is 3.99. The Morgan fingerprint density at radius 1 is 1.47 bits per heavy atom. The number of carbonyl (C=O) groups excluding carboxylic acids is 1. The van der Waals surface area contributed by atoms with Crippen molar-refractivity contribution in [3.8, 4) is 5.82 Å². The third-order valence-electron chi connectivity index (χ3n) is 2.22. The molecule has 17 heavy (non-hydrogen) atoms. The van der Waals surface area contributed by atoms with Gasteiger partial charge in [0.05, 0.1) is 12.3 Å². The minimum Gasteiger partial charge on any atom is -0.462 e. The number of rotatable bonds is 3. The van der Waals surface area contributed by atoms with E-state index in [4.69, 9.17) is 4.74 Å². The Morgan fingerprint density at radius 3 is 2.94 bits per heavy atom. The minimum atomic E-state index is -0.385. The van der Waals surface area contributed by atoms with Crippen LogP contribution in [0.5, 0.6) is 0 Å². The van der Waals surface area contributed by atoms with E-state index >= 15 is 0 Å². The van der Waals surface area contributed by atoms with Crippen LogP contribution in [-0.2, 0) is 4.74 Å². The van der Waals surface area contributed by atoms with Crippen LogP contribution >= 0.6 is 0 Å². The summed E-state index contributed by atoms with van der Waals surface area (Å²) >= 11 is 0. The van der Waals surface area contributed by atoms with Crippen molar-refractivity contribution >= 4 is 5.97 Å². The molecule has 0 aliphatic rings. The first-order valence-corrected chi connectivity index (χ1v) is 5.37. The van der Waals surface area contributed by atoms with Gasteiger partial charge in [0, 0.05) is 12.4 Å². The highest BCUT2D eigenvalue weighted by Gasteiger charge is 2.14. The van der Waals surface area contributed by atoms with Gasteiger partial charge >= 0.3 is 5.97 Å². The molecule has 2 heterocycles. The first-order valence-electron chi connectivity index (χ1n) is 5.37. The van der Waals surface area contributed by atoms with Crippen LogP contribution in [0.3, 0.4) is 0 Å². The Bertz CT molecular complexity index is 534. The Hall–Kier alpha value is -2.17. The van der Waals surface area contributed by atoms with Gasteiger partial charge in [-0.1, -0.05) is 0 Å². The molecule has 0 aromatic carbocycles. The summed E-state index contributed by atoms with van der Waals surface area (Å²) in [6.07, 6.45) is 3.38. The fraction of sp³-hybridized carbons (Fsp3) is 0.250. The van der Waals surface area contributed by atoms with Crippen molar-refractivity contribution in [1.29, 1.82) is 0 Å². The number of pyridine rings is 1. The van der Waals surface area contributed by atoms with Crippen molar-refractivity contribution in [3.63, 3.8) is 0 Å². The lowest BCUT2D eigenvalue weighted by atomic mass is 10.2. The quantitative estimate of drug-likeness (QED) is 0.755. The average molecular weight is 231 g/mol. The van der Waals surface area contributed by atoms with E-state index in [2.05, 4.69) is 10.1 Å². The van der Waals surface area contributed by atoms with E-state index in [1.807, 2.05) is 13.0 Å². The van der Waals surface area contributed by atoms with Crippen LogP contribution in [-0.4, -0.2) is 27.3 Å². The Labute approximate surface area is 99.1 Å². The fourth-order valence-electron chi connectivity index (χ4n) is 1.48. The number of carbonyl (C=O) groups is 1. The summed E-state index contributed by atoms with van der Waals surface area (Å²) in [5, 5.41) is 4.23. The van der Waals surface area contributed by atoms with Gasteiger partial charge in [-0.2, -0.15) is 5.10 Å². The predicted molar refractivity (Wildman–Crippen MR) is 62.1 cm³/mol. The lowest BCUT2D eigenvalue weighted by Gasteiger charge is -2.07. The van der Waals surface area contributed by atoms with Gasteiger partial charge < -0.3 is 4.74 Å². The lowest BCUT2D eigenvalue weighted by Crippen LogP contribution is -2.11. The van der Waals surface area contributed by atoms with Crippen LogP contribution in [0, 0.1) is 6.92 Å². The van der Waals surface area contributed by atoms with Crippen molar-refractivity contribution < 1.29 is 9.53 Å². The molecule has 0 saturated heterocycles. The van der Waals surface area contributed by atoms with Crippen molar-refractivity contribution in [3.05, 3.63) is 41.9 Å². The van der Waals surface area contributed by atoms with Crippen molar-refractivity contribution in [1.82, 2.24) is 14.8 Å². The lowest BCUT2D eigenvalue weighted by molar-refractivity contribution is 0.0525. The molecule has 0 spiro atoms. The molecule has 88 valence electrons. The predicted octanol–water partition coefficient (Wildman–Crippen LogP) is 1.75. The van der Waals surface area contributed by atoms with Crippen LogP contribution in [0.1, 0.15) is 23.0 Å². The maximum absolute atomic E-state index is 11.7. The molecule has 0 bridgehead atoms. The van der Waals surface area contributed by atoms with E-state index in [-0.39, 0.29) is 5.97 Å². The maximum atomic E-state index is 11.7. The fourth-order valence-corrected chi connectivity index (χ4v) is 1.48. The molecule has 0 atom stereocenters. The van der Waals surface area contributed by atoms with E-state index in [1.165, 1.54) is 0 Å². The summed E-state index contributed by atoms with van der Waals surface area (Å²) in [5.41, 5.74) is 1.28. The topological polar surface area (TPSA) is 57.0 Å². The Morgan fingerprint density at radius 2 is 2.29 bits per heavy atom. The molecule has 0 aliphatic heterocycles. The summed E-state index contributed by atoms with van der Waals surface area (Å²) in [4.78, 5) is 15.9. The molecule has 2 rings (SSSR count). The monoisotopic (exact) mass is 231 g/mol. The molecular weight excluding hydrogens is 218 g/mol. The molecule has 0 N–H and O–H groups in total. The number of aryl methyl sites for hydroxylation is 1. The largest absolute Gasteiger partial charge is 0.462 e. The maximum Gasteiger partial charge on any atom is 0.341 e. The standard InChI is InChI=1S/C12H13N3O2/c1-3-17-12(16)10-5-4-7-13-11(10)15-8-6-9(2)14-15/h4-8H,3H2,1-2H3. The van der Waals surface area contributed by atoms with Crippen LogP contribution in [0.15, 0.2) is 30.6 Å². The Balaban J connectivity index is 2.44. The van der Waals surface area contributed by atoms with Gasteiger partial charge in [0.1, 0.15) is 5.56 Å². The highest BCUT2D eigenvalue weighted by molar-refractivity contribution is 5.92. The molecule has 0 saturated carbocycles. The molecule has 5 heteroatoms. The number of aromatic nitrogens is 3. The molecule has 5 nitrogen and oxygen atoms in total. The van der Waals surface area contributed by atoms with E-state index in [1.54, 1.807) is 36.1 Å². The molecular formula is C12H13N3O2. The van der Waals surface area contributed by atoms with Gasteiger partial charge in [-0.15, -0.1) is 0 Å². The normalized spacial score (nSPS) is 10.2. The van der Waals surface area contributed by atoms with E-state index < -0.39 is 0 Å². The summed E-state index contributed by atoms with van der Waals surface area (Å²) in [6, 6.07) is 5.23. The second-order valence-electron chi connectivity index (χ2n) is 3.50.